The highest BCUT2D eigenvalue weighted by Gasteiger charge is 2.20. The quantitative estimate of drug-likeness (QED) is 0.411. The van der Waals surface area contributed by atoms with Gasteiger partial charge in [0, 0.05) is 24.2 Å². The number of nitrogens with zero attached hydrogens (tertiary/aromatic N) is 3. The van der Waals surface area contributed by atoms with Gasteiger partial charge in [-0.25, -0.2) is 0 Å². The molecule has 3 N–H and O–H groups in total. The fourth-order valence-corrected chi connectivity index (χ4v) is 3.67. The molecule has 0 saturated heterocycles. The van der Waals surface area contributed by atoms with Gasteiger partial charge in [-0.2, -0.15) is 10.2 Å². The van der Waals surface area contributed by atoms with E-state index in [1.165, 1.54) is 17.5 Å². The molecule has 0 bridgehead atoms. The lowest BCUT2D eigenvalue weighted by molar-refractivity contribution is 0.241. The fourth-order valence-electron chi connectivity index (χ4n) is 3.67. The van der Waals surface area contributed by atoms with Crippen molar-refractivity contribution in [3.63, 3.8) is 0 Å². The molecule has 0 radical (unpaired) electrons. The summed E-state index contributed by atoms with van der Waals surface area (Å²) in [6.45, 7) is 9.27. The summed E-state index contributed by atoms with van der Waals surface area (Å²) in [6.07, 6.45) is 3.33. The topological polar surface area (TPSA) is 124 Å². The molecule has 8 heteroatoms. The first-order chi connectivity index (χ1) is 17.1. The number of ether oxygens (including phenoxy) is 1. The first-order valence-electron chi connectivity index (χ1n) is 12.2. The van der Waals surface area contributed by atoms with Gasteiger partial charge >= 0.3 is 0 Å². The smallest absolute Gasteiger partial charge is 0.258 e. The second kappa shape index (κ2) is 14.9. The first-order valence-corrected chi connectivity index (χ1v) is 12.2. The Bertz CT molecular complexity index is 1090. The van der Waals surface area contributed by atoms with Crippen LogP contribution in [0.2, 0.25) is 0 Å². The summed E-state index contributed by atoms with van der Waals surface area (Å²) in [6, 6.07) is 13.8. The van der Waals surface area contributed by atoms with E-state index in [2.05, 4.69) is 27.6 Å². The van der Waals surface area contributed by atoms with Crippen molar-refractivity contribution in [2.75, 3.05) is 26.3 Å². The summed E-state index contributed by atoms with van der Waals surface area (Å²) >= 11 is 0. The number of fused-ring (bicyclic) bond motifs is 1. The number of aryl methyl sites for hydroxylation is 1. The van der Waals surface area contributed by atoms with Gasteiger partial charge in [-0.1, -0.05) is 37.2 Å². The van der Waals surface area contributed by atoms with E-state index in [-0.39, 0.29) is 19.3 Å². The number of aliphatic hydroxyl groups is 2. The summed E-state index contributed by atoms with van der Waals surface area (Å²) in [5.41, 5.74) is 4.89. The predicted molar refractivity (Wildman–Crippen MR) is 136 cm³/mol. The zero-order valence-electron chi connectivity index (χ0n) is 21.0. The number of nitrogens with one attached hydrogen (secondary N) is 1. The van der Waals surface area contributed by atoms with E-state index >= 15 is 0 Å². The van der Waals surface area contributed by atoms with Crippen LogP contribution >= 0.6 is 0 Å². The van der Waals surface area contributed by atoms with Gasteiger partial charge in [0.15, 0.2) is 0 Å². The maximum Gasteiger partial charge on any atom is 0.258 e. The van der Waals surface area contributed by atoms with Gasteiger partial charge in [0.1, 0.15) is 11.8 Å². The van der Waals surface area contributed by atoms with Gasteiger partial charge in [0.2, 0.25) is 5.82 Å². The number of rotatable bonds is 8. The zero-order valence-corrected chi connectivity index (χ0v) is 21.0. The van der Waals surface area contributed by atoms with Crippen LogP contribution in [0.15, 0.2) is 40.9 Å². The van der Waals surface area contributed by atoms with Crippen molar-refractivity contribution in [2.45, 2.75) is 53.1 Å². The van der Waals surface area contributed by atoms with Gasteiger partial charge in [-0.15, -0.1) is 0 Å². The molecular weight excluding hydrogens is 444 g/mol. The summed E-state index contributed by atoms with van der Waals surface area (Å²) < 4.78 is 11.1. The van der Waals surface area contributed by atoms with Crippen LogP contribution in [0.5, 0.6) is 5.75 Å². The highest BCUT2D eigenvalue weighted by atomic mass is 16.5. The Morgan fingerprint density at radius 3 is 2.51 bits per heavy atom. The highest BCUT2D eigenvalue weighted by Crippen LogP contribution is 2.32. The molecule has 8 nitrogen and oxygen atoms in total. The molecule has 3 aromatic rings. The van der Waals surface area contributed by atoms with E-state index in [0.717, 1.165) is 18.4 Å². The molecule has 0 fully saturated rings. The lowest BCUT2D eigenvalue weighted by Crippen LogP contribution is -2.21. The largest absolute Gasteiger partial charge is 0.490 e. The minimum absolute atomic E-state index is 0.00290. The van der Waals surface area contributed by atoms with E-state index in [1.807, 2.05) is 45.9 Å². The minimum Gasteiger partial charge on any atom is -0.490 e. The van der Waals surface area contributed by atoms with Crippen molar-refractivity contribution in [3.05, 3.63) is 53.1 Å². The van der Waals surface area contributed by atoms with Gasteiger partial charge in [0.25, 0.3) is 5.89 Å². The first kappa shape index (κ1) is 28.0. The fraction of sp³-hybridized carbons (Fsp3) is 0.444. The SMILES string of the molecule is CC.CC(C)Oc1ccc(-c2nc(-c3cccc4c3CCC4)no2)cc1C#N.OCCNCCO. The van der Waals surface area contributed by atoms with Gasteiger partial charge in [-0.05, 0) is 62.4 Å². The second-order valence-electron chi connectivity index (χ2n) is 7.91. The van der Waals surface area contributed by atoms with E-state index in [4.69, 9.17) is 19.5 Å². The van der Waals surface area contributed by atoms with E-state index < -0.39 is 0 Å². The van der Waals surface area contributed by atoms with Crippen molar-refractivity contribution in [3.8, 4) is 34.7 Å². The standard InChI is InChI=1S/C21H19N3O2.C4H11NO2.C2H6/c1-13(2)25-19-10-9-15(11-16(19)12-22)21-23-20(24-26-21)18-8-4-6-14-5-3-7-17(14)18;6-3-1-5-2-4-7;1-2/h4,6,8-11,13H,3,5,7H2,1-2H3;5-7H,1-4H2;1-2H3. The summed E-state index contributed by atoms with van der Waals surface area (Å²) in [5, 5.41) is 32.6. The Morgan fingerprint density at radius 2 is 1.86 bits per heavy atom. The van der Waals surface area contributed by atoms with Crippen molar-refractivity contribution in [2.24, 2.45) is 0 Å². The predicted octanol–water partition coefficient (Wildman–Crippen LogP) is 4.14. The number of nitriles is 1. The molecule has 1 aliphatic rings. The number of hydrogen-bond donors (Lipinski definition) is 3. The molecule has 0 unspecified atom stereocenters. The third-order valence-electron chi connectivity index (χ3n) is 5.10. The van der Waals surface area contributed by atoms with Crippen LogP contribution in [0, 0.1) is 11.3 Å². The Kier molecular flexibility index (Phi) is 11.9. The molecule has 0 spiro atoms. The number of hydrogen-bond acceptors (Lipinski definition) is 8. The molecule has 35 heavy (non-hydrogen) atoms. The molecule has 4 rings (SSSR count). The molecule has 0 atom stereocenters. The third kappa shape index (κ3) is 7.89. The summed E-state index contributed by atoms with van der Waals surface area (Å²) in [5.74, 6) is 1.56. The Hall–Kier alpha value is -3.25. The van der Waals surface area contributed by atoms with Gasteiger partial charge < -0.3 is 24.8 Å². The van der Waals surface area contributed by atoms with E-state index in [0.29, 0.717) is 41.7 Å². The van der Waals surface area contributed by atoms with Gasteiger partial charge in [0.05, 0.1) is 24.9 Å². The van der Waals surface area contributed by atoms with Crippen LogP contribution in [0.1, 0.15) is 50.8 Å². The Labute approximate surface area is 207 Å². The van der Waals surface area contributed by atoms with Crippen LogP contribution in [0.25, 0.3) is 22.8 Å². The third-order valence-corrected chi connectivity index (χ3v) is 5.10. The van der Waals surface area contributed by atoms with Crippen LogP contribution in [0.3, 0.4) is 0 Å². The molecule has 1 aromatic heterocycles. The molecule has 1 heterocycles. The van der Waals surface area contributed by atoms with Gasteiger partial charge in [-0.3, -0.25) is 0 Å². The summed E-state index contributed by atoms with van der Waals surface area (Å²) in [7, 11) is 0. The van der Waals surface area contributed by atoms with Crippen molar-refractivity contribution in [1.82, 2.24) is 15.5 Å². The molecular formula is C27H36N4O4. The van der Waals surface area contributed by atoms with Crippen LogP contribution in [0.4, 0.5) is 0 Å². The van der Waals surface area contributed by atoms with E-state index in [1.54, 1.807) is 12.1 Å². The average molecular weight is 481 g/mol. The minimum atomic E-state index is 0.00290. The molecule has 0 amide bonds. The highest BCUT2D eigenvalue weighted by molar-refractivity contribution is 5.66. The molecule has 188 valence electrons. The average Bonchev–Trinajstić information content (AvgIpc) is 3.56. The van der Waals surface area contributed by atoms with Crippen LogP contribution in [-0.4, -0.2) is 52.8 Å². The number of benzene rings is 2. The van der Waals surface area contributed by atoms with Crippen molar-refractivity contribution < 1.29 is 19.5 Å². The zero-order chi connectivity index (χ0) is 25.6. The normalized spacial score (nSPS) is 11.6. The lowest BCUT2D eigenvalue weighted by Gasteiger charge is -2.11. The van der Waals surface area contributed by atoms with Crippen LogP contribution in [-0.2, 0) is 12.8 Å². The Balaban J connectivity index is 0.000000416. The van der Waals surface area contributed by atoms with E-state index in [9.17, 15) is 5.26 Å². The maximum atomic E-state index is 9.40. The van der Waals surface area contributed by atoms with Crippen molar-refractivity contribution in [1.29, 1.82) is 5.26 Å². The number of aromatic nitrogens is 2. The molecule has 0 saturated carbocycles. The number of aliphatic hydroxyl groups excluding tert-OH is 2. The molecule has 2 aromatic carbocycles. The maximum absolute atomic E-state index is 9.40. The second-order valence-corrected chi connectivity index (χ2v) is 7.91. The monoisotopic (exact) mass is 480 g/mol. The van der Waals surface area contributed by atoms with Crippen LogP contribution < -0.4 is 10.1 Å². The molecule has 1 aliphatic carbocycles. The molecule has 0 aliphatic heterocycles. The Morgan fingerprint density at radius 1 is 1.11 bits per heavy atom. The van der Waals surface area contributed by atoms with Crippen molar-refractivity contribution >= 4 is 0 Å². The summed E-state index contributed by atoms with van der Waals surface area (Å²) in [4.78, 5) is 4.57. The lowest BCUT2D eigenvalue weighted by atomic mass is 10.0.